The Balaban J connectivity index is 1.34. The highest BCUT2D eigenvalue weighted by atomic mass is 35.5. The second kappa shape index (κ2) is 11.0. The highest BCUT2D eigenvalue weighted by molar-refractivity contribution is 6.30. The first-order valence-corrected chi connectivity index (χ1v) is 12.7. The Morgan fingerprint density at radius 2 is 1.72 bits per heavy atom. The monoisotopic (exact) mass is 499 g/mol. The highest BCUT2D eigenvalue weighted by Gasteiger charge is 2.23. The summed E-state index contributed by atoms with van der Waals surface area (Å²) in [5, 5.41) is 4.19. The molecule has 1 aliphatic rings. The fraction of sp³-hybridized carbons (Fsp3) is 0.276. The molecule has 1 fully saturated rings. The maximum Gasteiger partial charge on any atom is 0.165 e. The lowest BCUT2D eigenvalue weighted by Gasteiger charge is -2.33. The third-order valence-corrected chi connectivity index (χ3v) is 6.62. The summed E-state index contributed by atoms with van der Waals surface area (Å²) in [7, 11) is 0. The molecule has 2 aromatic carbocycles. The van der Waals surface area contributed by atoms with Crippen molar-refractivity contribution in [3.8, 4) is 17.1 Å². The summed E-state index contributed by atoms with van der Waals surface area (Å²) in [5.74, 6) is 3.66. The van der Waals surface area contributed by atoms with E-state index >= 15 is 0 Å². The van der Waals surface area contributed by atoms with Gasteiger partial charge in [0.2, 0.25) is 0 Å². The van der Waals surface area contributed by atoms with Crippen LogP contribution in [0.15, 0.2) is 79.1 Å². The van der Waals surface area contributed by atoms with Crippen LogP contribution in [0.3, 0.4) is 0 Å². The number of halogens is 1. The van der Waals surface area contributed by atoms with Crippen molar-refractivity contribution in [1.29, 1.82) is 0 Å². The minimum absolute atomic E-state index is 0.166. The Labute approximate surface area is 217 Å². The lowest BCUT2D eigenvalue weighted by atomic mass is 10.0. The first-order valence-electron chi connectivity index (χ1n) is 12.4. The van der Waals surface area contributed by atoms with Gasteiger partial charge in [-0.1, -0.05) is 37.6 Å². The second-order valence-electron chi connectivity index (χ2n) is 9.34. The molecule has 0 bridgehead atoms. The molecule has 6 nitrogen and oxygen atoms in total. The molecule has 0 atom stereocenters. The SMILES string of the molecule is CC(C)c1ccc(Nc2cc(N3CCC(Oc4ccc(Cl)cc4)CC3)nc(-c3cccnc3)n2)cc1. The van der Waals surface area contributed by atoms with Crippen molar-refractivity contribution in [2.24, 2.45) is 0 Å². The molecular weight excluding hydrogens is 470 g/mol. The lowest BCUT2D eigenvalue weighted by molar-refractivity contribution is 0.170. The van der Waals surface area contributed by atoms with Crippen LogP contribution < -0.4 is 15.0 Å². The lowest BCUT2D eigenvalue weighted by Crippen LogP contribution is -2.38. The number of rotatable bonds is 7. The molecule has 2 aromatic heterocycles. The Hall–Kier alpha value is -3.64. The number of aromatic nitrogens is 3. The number of benzene rings is 2. The van der Waals surface area contributed by atoms with E-state index in [4.69, 9.17) is 26.3 Å². The maximum absolute atomic E-state index is 6.18. The van der Waals surface area contributed by atoms with E-state index in [0.717, 1.165) is 54.6 Å². The van der Waals surface area contributed by atoms with Gasteiger partial charge in [0.05, 0.1) is 0 Å². The zero-order chi connectivity index (χ0) is 24.9. The summed E-state index contributed by atoms with van der Waals surface area (Å²) in [6.07, 6.45) is 5.54. The van der Waals surface area contributed by atoms with Crippen LogP contribution in [-0.4, -0.2) is 34.1 Å². The maximum atomic E-state index is 6.18. The van der Waals surface area contributed by atoms with E-state index in [9.17, 15) is 0 Å². The van der Waals surface area contributed by atoms with E-state index in [1.807, 2.05) is 42.5 Å². The van der Waals surface area contributed by atoms with Crippen LogP contribution >= 0.6 is 11.6 Å². The summed E-state index contributed by atoms with van der Waals surface area (Å²) >= 11 is 6.00. The molecule has 3 heterocycles. The largest absolute Gasteiger partial charge is 0.490 e. The standard InChI is InChI=1S/C29H30ClN5O/c1-20(2)21-5-9-24(10-6-21)32-27-18-28(34-29(33-27)22-4-3-15-31-19-22)35-16-13-26(14-17-35)36-25-11-7-23(30)8-12-25/h3-12,15,18-20,26H,13-14,16-17H2,1-2H3,(H,32,33,34). The molecule has 0 radical (unpaired) electrons. The van der Waals surface area contributed by atoms with Crippen molar-refractivity contribution >= 4 is 28.9 Å². The van der Waals surface area contributed by atoms with Gasteiger partial charge in [-0.05, 0) is 60.0 Å². The summed E-state index contributed by atoms with van der Waals surface area (Å²) < 4.78 is 6.18. The molecule has 1 aliphatic heterocycles. The third-order valence-electron chi connectivity index (χ3n) is 6.36. The molecule has 5 rings (SSSR count). The van der Waals surface area contributed by atoms with Gasteiger partial charge < -0.3 is 15.0 Å². The van der Waals surface area contributed by atoms with E-state index in [1.54, 1.807) is 12.4 Å². The van der Waals surface area contributed by atoms with Crippen LogP contribution in [-0.2, 0) is 0 Å². The smallest absolute Gasteiger partial charge is 0.165 e. The fourth-order valence-corrected chi connectivity index (χ4v) is 4.42. The first-order chi connectivity index (χ1) is 17.5. The van der Waals surface area contributed by atoms with E-state index in [1.165, 1.54) is 5.56 Å². The molecule has 0 amide bonds. The van der Waals surface area contributed by atoms with Gasteiger partial charge in [0.25, 0.3) is 0 Å². The number of piperidine rings is 1. The molecule has 0 unspecified atom stereocenters. The normalized spacial score (nSPS) is 14.2. The topological polar surface area (TPSA) is 63.2 Å². The van der Waals surface area contributed by atoms with Crippen LogP contribution in [0.25, 0.3) is 11.4 Å². The zero-order valence-corrected chi connectivity index (χ0v) is 21.3. The molecule has 0 saturated carbocycles. The number of hydrogen-bond acceptors (Lipinski definition) is 6. The van der Waals surface area contributed by atoms with Crippen LogP contribution in [0.4, 0.5) is 17.3 Å². The van der Waals surface area contributed by atoms with Gasteiger partial charge in [-0.2, -0.15) is 0 Å². The number of anilines is 3. The zero-order valence-electron chi connectivity index (χ0n) is 20.6. The quantitative estimate of drug-likeness (QED) is 0.292. The van der Waals surface area contributed by atoms with Gasteiger partial charge in [-0.3, -0.25) is 4.98 Å². The molecule has 1 N–H and O–H groups in total. The first kappa shape index (κ1) is 24.1. The van der Waals surface area contributed by atoms with Gasteiger partial charge in [-0.25, -0.2) is 9.97 Å². The molecule has 0 spiro atoms. The van der Waals surface area contributed by atoms with Crippen LogP contribution in [0.2, 0.25) is 5.02 Å². The predicted octanol–water partition coefficient (Wildman–Crippen LogP) is 7.11. The number of nitrogens with zero attached hydrogens (tertiary/aromatic N) is 4. The number of ether oxygens (including phenoxy) is 1. The van der Waals surface area contributed by atoms with Gasteiger partial charge >= 0.3 is 0 Å². The second-order valence-corrected chi connectivity index (χ2v) is 9.77. The average Bonchev–Trinajstić information content (AvgIpc) is 2.91. The van der Waals surface area contributed by atoms with Crippen molar-refractivity contribution in [3.05, 3.63) is 89.7 Å². The van der Waals surface area contributed by atoms with E-state index < -0.39 is 0 Å². The fourth-order valence-electron chi connectivity index (χ4n) is 4.29. The Bertz CT molecular complexity index is 1270. The summed E-state index contributed by atoms with van der Waals surface area (Å²) in [5.41, 5.74) is 3.19. The van der Waals surface area contributed by atoms with Crippen molar-refractivity contribution in [3.63, 3.8) is 0 Å². The van der Waals surface area contributed by atoms with Crippen molar-refractivity contribution < 1.29 is 4.74 Å². The number of hydrogen-bond donors (Lipinski definition) is 1. The average molecular weight is 500 g/mol. The van der Waals surface area contributed by atoms with E-state index in [0.29, 0.717) is 16.8 Å². The molecule has 0 aliphatic carbocycles. The van der Waals surface area contributed by atoms with Crippen LogP contribution in [0.5, 0.6) is 5.75 Å². The van der Waals surface area contributed by atoms with Crippen LogP contribution in [0, 0.1) is 0 Å². The van der Waals surface area contributed by atoms with Crippen molar-refractivity contribution in [2.45, 2.75) is 38.7 Å². The van der Waals surface area contributed by atoms with Gasteiger partial charge in [0.15, 0.2) is 5.82 Å². The van der Waals surface area contributed by atoms with Gasteiger partial charge in [0, 0.05) is 60.7 Å². The van der Waals surface area contributed by atoms with Crippen LogP contribution in [0.1, 0.15) is 38.2 Å². The molecular formula is C29H30ClN5O. The summed E-state index contributed by atoms with van der Waals surface area (Å²) in [4.78, 5) is 16.3. The molecule has 184 valence electrons. The Kier molecular flexibility index (Phi) is 7.33. The minimum Gasteiger partial charge on any atom is -0.490 e. The van der Waals surface area contributed by atoms with Crippen molar-refractivity contribution in [1.82, 2.24) is 15.0 Å². The van der Waals surface area contributed by atoms with E-state index in [2.05, 4.69) is 53.3 Å². The van der Waals surface area contributed by atoms with E-state index in [-0.39, 0.29) is 6.10 Å². The van der Waals surface area contributed by atoms with Gasteiger partial charge in [0.1, 0.15) is 23.5 Å². The molecule has 1 saturated heterocycles. The predicted molar refractivity (Wildman–Crippen MR) is 146 cm³/mol. The number of nitrogens with one attached hydrogen (secondary N) is 1. The van der Waals surface area contributed by atoms with Crippen molar-refractivity contribution in [2.75, 3.05) is 23.3 Å². The minimum atomic E-state index is 0.166. The molecule has 7 heteroatoms. The molecule has 36 heavy (non-hydrogen) atoms. The Morgan fingerprint density at radius 1 is 0.972 bits per heavy atom. The molecule has 4 aromatic rings. The highest BCUT2D eigenvalue weighted by Crippen LogP contribution is 2.28. The Morgan fingerprint density at radius 3 is 2.39 bits per heavy atom. The third kappa shape index (κ3) is 5.94. The van der Waals surface area contributed by atoms with Gasteiger partial charge in [-0.15, -0.1) is 0 Å². The number of pyridine rings is 1. The summed E-state index contributed by atoms with van der Waals surface area (Å²) in [6, 6.07) is 22.0. The summed E-state index contributed by atoms with van der Waals surface area (Å²) in [6.45, 7) is 6.10.